The normalized spacial score (nSPS) is 10.6. The molecule has 0 saturated heterocycles. The monoisotopic (exact) mass is 295 g/mol. The summed E-state index contributed by atoms with van der Waals surface area (Å²) in [6.45, 7) is 2.00. The van der Waals surface area contributed by atoms with Crippen LogP contribution in [0.1, 0.15) is 5.56 Å². The molecule has 0 aliphatic carbocycles. The van der Waals surface area contributed by atoms with Crippen LogP contribution in [0.3, 0.4) is 0 Å². The second kappa shape index (κ2) is 5.58. The van der Waals surface area contributed by atoms with Crippen molar-refractivity contribution in [3.8, 4) is 22.3 Å². The highest BCUT2D eigenvalue weighted by Crippen LogP contribution is 2.32. The van der Waals surface area contributed by atoms with Crippen LogP contribution in [0.15, 0.2) is 65.6 Å². The molecule has 3 heteroatoms. The van der Waals surface area contributed by atoms with Crippen molar-refractivity contribution in [2.45, 2.75) is 6.92 Å². The Morgan fingerprint density at radius 2 is 1.48 bits per heavy atom. The number of nitrogens with one attached hydrogen (secondary N) is 1. The van der Waals surface area contributed by atoms with Gasteiger partial charge in [0.15, 0.2) is 0 Å². The van der Waals surface area contributed by atoms with Crippen LogP contribution >= 0.6 is 11.6 Å². The molecule has 3 aromatic rings. The Labute approximate surface area is 128 Å². The number of halogens is 1. The molecule has 0 aliphatic heterocycles. The van der Waals surface area contributed by atoms with Crippen LogP contribution in [-0.2, 0) is 0 Å². The van der Waals surface area contributed by atoms with Crippen LogP contribution in [-0.4, -0.2) is 4.98 Å². The average molecular weight is 296 g/mol. The van der Waals surface area contributed by atoms with E-state index in [0.29, 0.717) is 10.6 Å². The molecule has 104 valence electrons. The second-order valence-electron chi connectivity index (χ2n) is 4.92. The van der Waals surface area contributed by atoms with Gasteiger partial charge >= 0.3 is 0 Å². The van der Waals surface area contributed by atoms with Crippen molar-refractivity contribution in [3.05, 3.63) is 81.7 Å². The molecular weight excluding hydrogens is 282 g/mol. The Morgan fingerprint density at radius 3 is 2.14 bits per heavy atom. The number of aromatic nitrogens is 1. The summed E-state index contributed by atoms with van der Waals surface area (Å²) in [5.74, 6) is 0. The minimum Gasteiger partial charge on any atom is -0.328 e. The Morgan fingerprint density at radius 1 is 0.857 bits per heavy atom. The smallest absolute Gasteiger partial charge is 0.256 e. The minimum atomic E-state index is -0.0956. The standard InChI is InChI=1S/C18H14ClNO/c1-12-11-20-18(21)17(14-7-9-15(19)10-8-14)16(12)13-5-3-2-4-6-13/h2-11H,1H3,(H,20,21). The quantitative estimate of drug-likeness (QED) is 0.732. The summed E-state index contributed by atoms with van der Waals surface area (Å²) in [5.41, 5.74) is 4.47. The number of H-pyrrole nitrogens is 1. The lowest BCUT2D eigenvalue weighted by atomic mass is 9.93. The fraction of sp³-hybridized carbons (Fsp3) is 0.0556. The highest BCUT2D eigenvalue weighted by molar-refractivity contribution is 6.30. The van der Waals surface area contributed by atoms with E-state index in [2.05, 4.69) is 4.98 Å². The van der Waals surface area contributed by atoms with E-state index in [9.17, 15) is 4.79 Å². The predicted octanol–water partition coefficient (Wildman–Crippen LogP) is 4.67. The highest BCUT2D eigenvalue weighted by atomic mass is 35.5. The van der Waals surface area contributed by atoms with Gasteiger partial charge in [0.1, 0.15) is 0 Å². The first-order chi connectivity index (χ1) is 10.2. The lowest BCUT2D eigenvalue weighted by Gasteiger charge is -2.12. The molecule has 0 bridgehead atoms. The molecule has 21 heavy (non-hydrogen) atoms. The molecule has 0 radical (unpaired) electrons. The van der Waals surface area contributed by atoms with Gasteiger partial charge in [-0.2, -0.15) is 0 Å². The summed E-state index contributed by atoms with van der Waals surface area (Å²) in [5, 5.41) is 0.657. The van der Waals surface area contributed by atoms with Gasteiger partial charge in [-0.15, -0.1) is 0 Å². The molecule has 1 N–H and O–H groups in total. The van der Waals surface area contributed by atoms with Gasteiger partial charge < -0.3 is 4.98 Å². The summed E-state index contributed by atoms with van der Waals surface area (Å²) >= 11 is 5.94. The first kappa shape index (κ1) is 13.7. The average Bonchev–Trinajstić information content (AvgIpc) is 2.51. The molecule has 0 atom stereocenters. The third-order valence-corrected chi connectivity index (χ3v) is 3.74. The first-order valence-corrected chi connectivity index (χ1v) is 7.08. The van der Waals surface area contributed by atoms with E-state index in [1.807, 2.05) is 49.4 Å². The fourth-order valence-corrected chi connectivity index (χ4v) is 2.62. The number of aryl methyl sites for hydroxylation is 1. The van der Waals surface area contributed by atoms with Crippen molar-refractivity contribution in [3.63, 3.8) is 0 Å². The lowest BCUT2D eigenvalue weighted by Crippen LogP contribution is -2.11. The molecule has 0 amide bonds. The Kier molecular flexibility index (Phi) is 3.63. The van der Waals surface area contributed by atoms with Crippen molar-refractivity contribution in [1.82, 2.24) is 4.98 Å². The molecule has 0 aliphatic rings. The van der Waals surface area contributed by atoms with Gasteiger partial charge in [0.25, 0.3) is 5.56 Å². The van der Waals surface area contributed by atoms with Crippen molar-refractivity contribution in [2.75, 3.05) is 0 Å². The topological polar surface area (TPSA) is 32.9 Å². The predicted molar refractivity (Wildman–Crippen MR) is 87.7 cm³/mol. The molecule has 0 unspecified atom stereocenters. The third kappa shape index (κ3) is 2.63. The molecule has 0 fully saturated rings. The van der Waals surface area contributed by atoms with Crippen molar-refractivity contribution in [1.29, 1.82) is 0 Å². The SMILES string of the molecule is Cc1c[nH]c(=O)c(-c2ccc(Cl)cc2)c1-c1ccccc1. The maximum atomic E-state index is 12.4. The van der Waals surface area contributed by atoms with Crippen molar-refractivity contribution < 1.29 is 0 Å². The van der Waals surface area contributed by atoms with E-state index in [4.69, 9.17) is 11.6 Å². The summed E-state index contributed by atoms with van der Waals surface area (Å²) in [6, 6.07) is 17.3. The van der Waals surface area contributed by atoms with Gasteiger partial charge in [-0.1, -0.05) is 54.1 Å². The fourth-order valence-electron chi connectivity index (χ4n) is 2.50. The number of hydrogen-bond donors (Lipinski definition) is 1. The molecule has 0 saturated carbocycles. The van der Waals surface area contributed by atoms with Gasteiger partial charge in [0.05, 0.1) is 5.56 Å². The largest absolute Gasteiger partial charge is 0.328 e. The van der Waals surface area contributed by atoms with Gasteiger partial charge in [-0.25, -0.2) is 0 Å². The minimum absolute atomic E-state index is 0.0956. The number of pyridine rings is 1. The van der Waals surface area contributed by atoms with Gasteiger partial charge in [0, 0.05) is 11.2 Å². The van der Waals surface area contributed by atoms with Crippen LogP contribution < -0.4 is 5.56 Å². The van der Waals surface area contributed by atoms with Gasteiger partial charge in [-0.3, -0.25) is 4.79 Å². The number of benzene rings is 2. The van der Waals surface area contributed by atoms with Crippen LogP contribution in [0.4, 0.5) is 0 Å². The van der Waals surface area contributed by atoms with Crippen LogP contribution in [0.5, 0.6) is 0 Å². The van der Waals surface area contributed by atoms with E-state index in [-0.39, 0.29) is 5.56 Å². The zero-order chi connectivity index (χ0) is 14.8. The Hall–Kier alpha value is -2.32. The van der Waals surface area contributed by atoms with Crippen LogP contribution in [0.2, 0.25) is 5.02 Å². The summed E-state index contributed by atoms with van der Waals surface area (Å²) in [4.78, 5) is 15.2. The summed E-state index contributed by atoms with van der Waals surface area (Å²) < 4.78 is 0. The number of hydrogen-bond acceptors (Lipinski definition) is 1. The Bertz CT molecular complexity index is 820. The molecule has 2 aromatic carbocycles. The number of rotatable bonds is 2. The molecule has 0 spiro atoms. The second-order valence-corrected chi connectivity index (χ2v) is 5.36. The highest BCUT2D eigenvalue weighted by Gasteiger charge is 2.14. The maximum Gasteiger partial charge on any atom is 0.256 e. The van der Waals surface area contributed by atoms with E-state index in [1.165, 1.54) is 0 Å². The van der Waals surface area contributed by atoms with Crippen LogP contribution in [0, 0.1) is 6.92 Å². The molecule has 1 aromatic heterocycles. The molecule has 3 rings (SSSR count). The van der Waals surface area contributed by atoms with E-state index in [1.54, 1.807) is 18.3 Å². The molecular formula is C18H14ClNO. The van der Waals surface area contributed by atoms with E-state index >= 15 is 0 Å². The van der Waals surface area contributed by atoms with Crippen LogP contribution in [0.25, 0.3) is 22.3 Å². The molecule has 1 heterocycles. The van der Waals surface area contributed by atoms with Gasteiger partial charge in [-0.05, 0) is 41.3 Å². The Balaban J connectivity index is 2.32. The van der Waals surface area contributed by atoms with Gasteiger partial charge in [0.2, 0.25) is 0 Å². The zero-order valence-corrected chi connectivity index (χ0v) is 12.3. The molecule has 2 nitrogen and oxygen atoms in total. The van der Waals surface area contributed by atoms with Crippen molar-refractivity contribution >= 4 is 11.6 Å². The summed E-state index contributed by atoms with van der Waals surface area (Å²) in [6.07, 6.45) is 1.75. The number of aromatic amines is 1. The van der Waals surface area contributed by atoms with Crippen molar-refractivity contribution in [2.24, 2.45) is 0 Å². The van der Waals surface area contributed by atoms with E-state index < -0.39 is 0 Å². The third-order valence-electron chi connectivity index (χ3n) is 3.49. The first-order valence-electron chi connectivity index (χ1n) is 6.70. The zero-order valence-electron chi connectivity index (χ0n) is 11.6. The maximum absolute atomic E-state index is 12.4. The lowest BCUT2D eigenvalue weighted by molar-refractivity contribution is 1.20. The van der Waals surface area contributed by atoms with E-state index in [0.717, 1.165) is 22.3 Å². The summed E-state index contributed by atoms with van der Waals surface area (Å²) in [7, 11) is 0.